The van der Waals surface area contributed by atoms with Crippen LogP contribution in [0.1, 0.15) is 16.7 Å². The van der Waals surface area contributed by atoms with E-state index in [1.54, 1.807) is 18.2 Å². The maximum atomic E-state index is 12.5. The van der Waals surface area contributed by atoms with Gasteiger partial charge in [-0.25, -0.2) is 0 Å². The smallest absolute Gasteiger partial charge is 0.397 e. The Morgan fingerprint density at radius 3 is 2.52 bits per heavy atom. The van der Waals surface area contributed by atoms with Crippen molar-refractivity contribution in [3.8, 4) is 6.07 Å². The minimum absolute atomic E-state index is 0.0289. The number of rotatable bonds is 3. The van der Waals surface area contributed by atoms with Gasteiger partial charge in [-0.2, -0.15) is 18.4 Å². The molecule has 0 amide bonds. The predicted octanol–water partition coefficient (Wildman–Crippen LogP) is 3.77. The van der Waals surface area contributed by atoms with E-state index < -0.39 is 11.7 Å². The summed E-state index contributed by atoms with van der Waals surface area (Å²) in [6.45, 7) is 0.366. The number of nitriles is 1. The number of hydrogen-bond acceptors (Lipinski definition) is 3. The monoisotopic (exact) mass is 291 g/mol. The fourth-order valence-electron chi connectivity index (χ4n) is 1.85. The molecule has 0 aliphatic carbocycles. The number of anilines is 2. The zero-order valence-corrected chi connectivity index (χ0v) is 10.9. The number of benzene rings is 2. The molecular weight excluding hydrogens is 279 g/mol. The molecule has 0 fully saturated rings. The van der Waals surface area contributed by atoms with Crippen molar-refractivity contribution in [2.24, 2.45) is 0 Å². The Hall–Kier alpha value is -2.68. The van der Waals surface area contributed by atoms with Crippen LogP contribution in [0.4, 0.5) is 24.5 Å². The van der Waals surface area contributed by atoms with E-state index in [4.69, 9.17) is 11.0 Å². The van der Waals surface area contributed by atoms with Crippen molar-refractivity contribution in [2.45, 2.75) is 12.7 Å². The lowest BCUT2D eigenvalue weighted by Crippen LogP contribution is -2.08. The molecule has 3 N–H and O–H groups in total. The van der Waals surface area contributed by atoms with Crippen molar-refractivity contribution < 1.29 is 13.2 Å². The normalized spacial score (nSPS) is 11.0. The SMILES string of the molecule is N#Cc1cccc(CNc2ccc(C(F)(F)F)cc2N)c1. The number of nitrogens with one attached hydrogen (secondary N) is 1. The fraction of sp³-hybridized carbons (Fsp3) is 0.133. The van der Waals surface area contributed by atoms with Crippen LogP contribution in [0, 0.1) is 11.3 Å². The molecule has 2 rings (SSSR count). The highest BCUT2D eigenvalue weighted by Crippen LogP contribution is 2.32. The first-order valence-electron chi connectivity index (χ1n) is 6.10. The first-order valence-corrected chi connectivity index (χ1v) is 6.10. The summed E-state index contributed by atoms with van der Waals surface area (Å²) in [6, 6.07) is 12.1. The van der Waals surface area contributed by atoms with Gasteiger partial charge in [-0.15, -0.1) is 0 Å². The van der Waals surface area contributed by atoms with Crippen LogP contribution in [0.5, 0.6) is 0 Å². The van der Waals surface area contributed by atoms with Crippen molar-refractivity contribution in [1.29, 1.82) is 5.26 Å². The highest BCUT2D eigenvalue weighted by atomic mass is 19.4. The first-order chi connectivity index (χ1) is 9.90. The van der Waals surface area contributed by atoms with Crippen LogP contribution in [-0.2, 0) is 12.7 Å². The number of hydrogen-bond donors (Lipinski definition) is 2. The average Bonchev–Trinajstić information content (AvgIpc) is 2.45. The second kappa shape index (κ2) is 5.75. The highest BCUT2D eigenvalue weighted by molar-refractivity contribution is 5.67. The Morgan fingerprint density at radius 2 is 1.90 bits per heavy atom. The summed E-state index contributed by atoms with van der Waals surface area (Å²) in [4.78, 5) is 0. The van der Waals surface area contributed by atoms with Crippen LogP contribution in [0.15, 0.2) is 42.5 Å². The zero-order valence-electron chi connectivity index (χ0n) is 10.9. The summed E-state index contributed by atoms with van der Waals surface area (Å²) in [5.41, 5.74) is 6.66. The zero-order chi connectivity index (χ0) is 15.5. The summed E-state index contributed by atoms with van der Waals surface area (Å²) >= 11 is 0. The molecule has 0 spiro atoms. The lowest BCUT2D eigenvalue weighted by atomic mass is 10.1. The molecule has 0 radical (unpaired) electrons. The third-order valence-electron chi connectivity index (χ3n) is 2.92. The van der Waals surface area contributed by atoms with Gasteiger partial charge >= 0.3 is 6.18 Å². The number of nitrogens with two attached hydrogens (primary N) is 1. The lowest BCUT2D eigenvalue weighted by Gasteiger charge is -2.12. The quantitative estimate of drug-likeness (QED) is 0.846. The van der Waals surface area contributed by atoms with Crippen molar-refractivity contribution in [3.63, 3.8) is 0 Å². The summed E-state index contributed by atoms with van der Waals surface area (Å²) < 4.78 is 37.6. The molecule has 6 heteroatoms. The number of nitrogens with zero attached hydrogens (tertiary/aromatic N) is 1. The maximum Gasteiger partial charge on any atom is 0.416 e. The van der Waals surface area contributed by atoms with E-state index in [1.165, 1.54) is 6.07 Å². The van der Waals surface area contributed by atoms with Crippen LogP contribution in [-0.4, -0.2) is 0 Å². The third kappa shape index (κ3) is 3.66. The number of alkyl halides is 3. The van der Waals surface area contributed by atoms with Crippen LogP contribution in [0.3, 0.4) is 0 Å². The minimum atomic E-state index is -4.41. The van der Waals surface area contributed by atoms with Crippen molar-refractivity contribution in [2.75, 3.05) is 11.1 Å². The standard InChI is InChI=1S/C15H12F3N3/c16-15(17,18)12-4-5-14(13(20)7-12)21-9-11-3-1-2-10(6-11)8-19/h1-7,21H,9,20H2. The molecule has 0 saturated carbocycles. The fourth-order valence-corrected chi connectivity index (χ4v) is 1.85. The maximum absolute atomic E-state index is 12.5. The molecule has 3 nitrogen and oxygen atoms in total. The number of halogens is 3. The van der Waals surface area contributed by atoms with E-state index in [0.717, 1.165) is 17.7 Å². The highest BCUT2D eigenvalue weighted by Gasteiger charge is 2.30. The molecular formula is C15H12F3N3. The molecule has 0 aromatic heterocycles. The van der Waals surface area contributed by atoms with E-state index >= 15 is 0 Å². The summed E-state index contributed by atoms with van der Waals surface area (Å²) in [5.74, 6) is 0. The van der Waals surface area contributed by atoms with Gasteiger partial charge < -0.3 is 11.1 Å². The topological polar surface area (TPSA) is 61.8 Å². The van der Waals surface area contributed by atoms with Crippen LogP contribution < -0.4 is 11.1 Å². The second-order valence-electron chi connectivity index (χ2n) is 4.47. The molecule has 0 aliphatic rings. The molecule has 0 atom stereocenters. The van der Waals surface area contributed by atoms with Gasteiger partial charge in [0.15, 0.2) is 0 Å². The Bertz CT molecular complexity index is 687. The predicted molar refractivity (Wildman–Crippen MR) is 74.3 cm³/mol. The Morgan fingerprint density at radius 1 is 1.14 bits per heavy atom. The molecule has 2 aromatic rings. The van der Waals surface area contributed by atoms with Gasteiger partial charge in [0.05, 0.1) is 28.6 Å². The molecule has 0 heterocycles. The number of nitrogen functional groups attached to an aromatic ring is 1. The minimum Gasteiger partial charge on any atom is -0.397 e. The lowest BCUT2D eigenvalue weighted by molar-refractivity contribution is -0.137. The Labute approximate surface area is 119 Å². The van der Waals surface area contributed by atoms with Gasteiger partial charge in [0, 0.05) is 6.54 Å². The third-order valence-corrected chi connectivity index (χ3v) is 2.92. The second-order valence-corrected chi connectivity index (χ2v) is 4.47. The summed E-state index contributed by atoms with van der Waals surface area (Å²) in [6.07, 6.45) is -4.41. The van der Waals surface area contributed by atoms with Gasteiger partial charge in [0.25, 0.3) is 0 Å². The molecule has 0 bridgehead atoms. The van der Waals surface area contributed by atoms with Crippen LogP contribution >= 0.6 is 0 Å². The van der Waals surface area contributed by atoms with E-state index in [-0.39, 0.29) is 5.69 Å². The van der Waals surface area contributed by atoms with E-state index in [1.807, 2.05) is 12.1 Å². The molecule has 108 valence electrons. The molecule has 0 saturated heterocycles. The van der Waals surface area contributed by atoms with Gasteiger partial charge in [-0.05, 0) is 35.9 Å². The van der Waals surface area contributed by atoms with E-state index in [9.17, 15) is 13.2 Å². The van der Waals surface area contributed by atoms with Gasteiger partial charge in [0.1, 0.15) is 0 Å². The van der Waals surface area contributed by atoms with Crippen molar-refractivity contribution in [3.05, 3.63) is 59.2 Å². The van der Waals surface area contributed by atoms with Crippen LogP contribution in [0.25, 0.3) is 0 Å². The first kappa shape index (κ1) is 14.7. The largest absolute Gasteiger partial charge is 0.416 e. The van der Waals surface area contributed by atoms with Crippen molar-refractivity contribution in [1.82, 2.24) is 0 Å². The molecule has 21 heavy (non-hydrogen) atoms. The van der Waals surface area contributed by atoms with Crippen LogP contribution in [0.2, 0.25) is 0 Å². The van der Waals surface area contributed by atoms with Crippen molar-refractivity contribution >= 4 is 11.4 Å². The van der Waals surface area contributed by atoms with Gasteiger partial charge in [0.2, 0.25) is 0 Å². The van der Waals surface area contributed by atoms with Gasteiger partial charge in [-0.3, -0.25) is 0 Å². The summed E-state index contributed by atoms with van der Waals surface area (Å²) in [7, 11) is 0. The molecule has 2 aromatic carbocycles. The van der Waals surface area contributed by atoms with E-state index in [0.29, 0.717) is 17.8 Å². The Kier molecular flexibility index (Phi) is 4.03. The average molecular weight is 291 g/mol. The summed E-state index contributed by atoms with van der Waals surface area (Å²) in [5, 5.41) is 11.8. The molecule has 0 aliphatic heterocycles. The molecule has 0 unspecified atom stereocenters. The Balaban J connectivity index is 2.12. The van der Waals surface area contributed by atoms with E-state index in [2.05, 4.69) is 5.32 Å². The van der Waals surface area contributed by atoms with Gasteiger partial charge in [-0.1, -0.05) is 12.1 Å².